The predicted molar refractivity (Wildman–Crippen MR) is 60.6 cm³/mol. The van der Waals surface area contributed by atoms with E-state index in [9.17, 15) is 4.79 Å². The molecule has 5 heteroatoms. The average Bonchev–Trinajstić information content (AvgIpc) is 2.78. The third kappa shape index (κ3) is 2.87. The quantitative estimate of drug-likeness (QED) is 0.695. The van der Waals surface area contributed by atoms with Gasteiger partial charge in [-0.1, -0.05) is 0 Å². The van der Waals surface area contributed by atoms with Crippen LogP contribution < -0.4 is 0 Å². The van der Waals surface area contributed by atoms with Gasteiger partial charge < -0.3 is 14.4 Å². The Morgan fingerprint density at radius 1 is 1.44 bits per heavy atom. The van der Waals surface area contributed by atoms with Crippen molar-refractivity contribution in [3.8, 4) is 0 Å². The summed E-state index contributed by atoms with van der Waals surface area (Å²) in [5, 5.41) is 0. The second kappa shape index (κ2) is 5.84. The van der Waals surface area contributed by atoms with Crippen LogP contribution in [0.25, 0.3) is 0 Å². The number of alkyl halides is 1. The Hall–Kier alpha value is -0.320. The number of likely N-dealkylation sites (tertiary alicyclic amines) is 1. The lowest BCUT2D eigenvalue weighted by atomic mass is 10.1. The summed E-state index contributed by atoms with van der Waals surface area (Å²) in [6, 6.07) is 0. The maximum absolute atomic E-state index is 12.0. The summed E-state index contributed by atoms with van der Waals surface area (Å²) in [6.45, 7) is 3.18. The van der Waals surface area contributed by atoms with Crippen LogP contribution in [0.4, 0.5) is 0 Å². The lowest BCUT2D eigenvalue weighted by Crippen LogP contribution is -2.44. The summed E-state index contributed by atoms with van der Waals surface area (Å²) in [6.07, 6.45) is 1.67. The fourth-order valence-corrected chi connectivity index (χ4v) is 2.57. The van der Waals surface area contributed by atoms with Gasteiger partial charge in [-0.25, -0.2) is 0 Å². The van der Waals surface area contributed by atoms with Crippen LogP contribution in [0.2, 0.25) is 0 Å². The third-order valence-corrected chi connectivity index (χ3v) is 3.42. The Morgan fingerprint density at radius 2 is 2.31 bits per heavy atom. The minimum atomic E-state index is -0.386. The van der Waals surface area contributed by atoms with Crippen molar-refractivity contribution in [2.24, 2.45) is 5.92 Å². The fourth-order valence-electron chi connectivity index (χ4n) is 2.26. The highest BCUT2D eigenvalue weighted by molar-refractivity contribution is 6.17. The number of amides is 1. The number of nitrogens with zero attached hydrogens (tertiary/aromatic N) is 1. The van der Waals surface area contributed by atoms with Crippen LogP contribution in [-0.2, 0) is 14.3 Å². The molecule has 92 valence electrons. The zero-order valence-corrected chi connectivity index (χ0v) is 10.1. The molecule has 2 aliphatic heterocycles. The molecule has 1 amide bonds. The molecule has 2 fully saturated rings. The molecular formula is C11H18ClNO3. The number of carbonyl (C=O) groups is 1. The topological polar surface area (TPSA) is 38.8 Å². The Kier molecular flexibility index (Phi) is 4.44. The van der Waals surface area contributed by atoms with Crippen LogP contribution >= 0.6 is 11.6 Å². The lowest BCUT2D eigenvalue weighted by Gasteiger charge is -2.26. The van der Waals surface area contributed by atoms with Gasteiger partial charge in [-0.05, 0) is 18.8 Å². The first-order valence-corrected chi connectivity index (χ1v) is 6.39. The van der Waals surface area contributed by atoms with Gasteiger partial charge in [0.25, 0.3) is 5.91 Å². The standard InChI is InChI=1S/C11H18ClNO3/c12-3-1-9-2-4-13(7-9)11(14)10-8-15-5-6-16-10/h9-10H,1-8H2. The first-order chi connectivity index (χ1) is 7.81. The largest absolute Gasteiger partial charge is 0.376 e. The number of rotatable bonds is 3. The second-order valence-corrected chi connectivity index (χ2v) is 4.73. The van der Waals surface area contributed by atoms with Gasteiger partial charge in [-0.3, -0.25) is 4.79 Å². The van der Waals surface area contributed by atoms with Gasteiger partial charge in [0.2, 0.25) is 0 Å². The van der Waals surface area contributed by atoms with Crippen LogP contribution in [0.15, 0.2) is 0 Å². The Bertz CT molecular complexity index is 243. The third-order valence-electron chi connectivity index (χ3n) is 3.21. The van der Waals surface area contributed by atoms with Crippen molar-refractivity contribution in [2.45, 2.75) is 18.9 Å². The van der Waals surface area contributed by atoms with Crippen molar-refractivity contribution >= 4 is 17.5 Å². The number of hydrogen-bond donors (Lipinski definition) is 0. The van der Waals surface area contributed by atoms with Crippen molar-refractivity contribution in [2.75, 3.05) is 38.8 Å². The lowest BCUT2D eigenvalue weighted by molar-refractivity contribution is -0.157. The summed E-state index contributed by atoms with van der Waals surface area (Å²) in [5.41, 5.74) is 0. The van der Waals surface area contributed by atoms with E-state index in [1.54, 1.807) is 0 Å². The van der Waals surface area contributed by atoms with Gasteiger partial charge in [0.05, 0.1) is 19.8 Å². The zero-order valence-electron chi connectivity index (χ0n) is 9.36. The molecule has 0 spiro atoms. The fraction of sp³-hybridized carbons (Fsp3) is 0.909. The molecule has 2 heterocycles. The summed E-state index contributed by atoms with van der Waals surface area (Å²) >= 11 is 5.71. The first-order valence-electron chi connectivity index (χ1n) is 5.85. The van der Waals surface area contributed by atoms with Crippen molar-refractivity contribution in [3.05, 3.63) is 0 Å². The van der Waals surface area contributed by atoms with Gasteiger partial charge in [0.1, 0.15) is 0 Å². The highest BCUT2D eigenvalue weighted by atomic mass is 35.5. The summed E-state index contributed by atoms with van der Waals surface area (Å²) in [7, 11) is 0. The van der Waals surface area contributed by atoms with E-state index in [1.807, 2.05) is 4.90 Å². The van der Waals surface area contributed by atoms with E-state index < -0.39 is 0 Å². The first kappa shape index (κ1) is 12.1. The zero-order chi connectivity index (χ0) is 11.4. The highest BCUT2D eigenvalue weighted by Crippen LogP contribution is 2.21. The molecule has 0 bridgehead atoms. The number of carbonyl (C=O) groups excluding carboxylic acids is 1. The number of halogens is 1. The van der Waals surface area contributed by atoms with Gasteiger partial charge in [0.15, 0.2) is 6.10 Å². The number of ether oxygens (including phenoxy) is 2. The van der Waals surface area contributed by atoms with Gasteiger partial charge in [0, 0.05) is 19.0 Å². The van der Waals surface area contributed by atoms with E-state index in [-0.39, 0.29) is 12.0 Å². The molecule has 2 unspecified atom stereocenters. The minimum absolute atomic E-state index is 0.0803. The SMILES string of the molecule is O=C(C1COCCO1)N1CCC(CCCl)C1. The molecule has 2 aliphatic rings. The Balaban J connectivity index is 1.81. The highest BCUT2D eigenvalue weighted by Gasteiger charge is 2.32. The monoisotopic (exact) mass is 247 g/mol. The van der Waals surface area contributed by atoms with E-state index >= 15 is 0 Å². The summed E-state index contributed by atoms with van der Waals surface area (Å²) in [4.78, 5) is 13.9. The molecule has 0 aromatic carbocycles. The molecule has 0 aromatic rings. The molecule has 0 saturated carbocycles. The van der Waals surface area contributed by atoms with Crippen LogP contribution in [0, 0.1) is 5.92 Å². The average molecular weight is 248 g/mol. The maximum atomic E-state index is 12.0. The van der Waals surface area contributed by atoms with Crippen molar-refractivity contribution in [1.82, 2.24) is 4.90 Å². The second-order valence-electron chi connectivity index (χ2n) is 4.35. The molecule has 0 aliphatic carbocycles. The molecule has 2 atom stereocenters. The maximum Gasteiger partial charge on any atom is 0.254 e. The van der Waals surface area contributed by atoms with Gasteiger partial charge in [-0.2, -0.15) is 0 Å². The smallest absolute Gasteiger partial charge is 0.254 e. The van der Waals surface area contributed by atoms with Crippen LogP contribution in [0.5, 0.6) is 0 Å². The molecule has 2 rings (SSSR count). The normalized spacial score (nSPS) is 30.7. The van der Waals surface area contributed by atoms with Crippen LogP contribution in [-0.4, -0.2) is 55.7 Å². The van der Waals surface area contributed by atoms with E-state index in [2.05, 4.69) is 0 Å². The van der Waals surface area contributed by atoms with Crippen molar-refractivity contribution in [3.63, 3.8) is 0 Å². The molecule has 0 radical (unpaired) electrons. The minimum Gasteiger partial charge on any atom is -0.376 e. The van der Waals surface area contributed by atoms with Crippen LogP contribution in [0.1, 0.15) is 12.8 Å². The summed E-state index contributed by atoms with van der Waals surface area (Å²) < 4.78 is 10.6. The molecule has 0 aromatic heterocycles. The van der Waals surface area contributed by atoms with Gasteiger partial charge >= 0.3 is 0 Å². The van der Waals surface area contributed by atoms with Crippen LogP contribution in [0.3, 0.4) is 0 Å². The van der Waals surface area contributed by atoms with Gasteiger partial charge in [-0.15, -0.1) is 11.6 Å². The van der Waals surface area contributed by atoms with Crippen molar-refractivity contribution in [1.29, 1.82) is 0 Å². The predicted octanol–water partition coefficient (Wildman–Crippen LogP) is 0.879. The molecule has 2 saturated heterocycles. The van der Waals surface area contributed by atoms with E-state index in [1.165, 1.54) is 0 Å². The van der Waals surface area contributed by atoms with E-state index in [0.29, 0.717) is 31.6 Å². The molecule has 0 N–H and O–H groups in total. The number of hydrogen-bond acceptors (Lipinski definition) is 3. The molecular weight excluding hydrogens is 230 g/mol. The molecule has 4 nitrogen and oxygen atoms in total. The van der Waals surface area contributed by atoms with E-state index in [4.69, 9.17) is 21.1 Å². The van der Waals surface area contributed by atoms with Crippen molar-refractivity contribution < 1.29 is 14.3 Å². The Labute approximate surface area is 101 Å². The van der Waals surface area contributed by atoms with E-state index in [0.717, 1.165) is 25.9 Å². The molecule has 16 heavy (non-hydrogen) atoms. The summed E-state index contributed by atoms with van der Waals surface area (Å²) in [5.74, 6) is 1.32. The Morgan fingerprint density at radius 3 is 3.00 bits per heavy atom.